The lowest BCUT2D eigenvalue weighted by molar-refractivity contribution is -0.141. The summed E-state index contributed by atoms with van der Waals surface area (Å²) >= 11 is 0. The molecule has 0 saturated carbocycles. The number of carbonyl (C=O) groups excluding carboxylic acids is 1. The van der Waals surface area contributed by atoms with Gasteiger partial charge in [0, 0.05) is 23.2 Å². The summed E-state index contributed by atoms with van der Waals surface area (Å²) < 4.78 is 14.5. The van der Waals surface area contributed by atoms with E-state index in [-0.39, 0.29) is 23.2 Å². The molecule has 0 aromatic heterocycles. The van der Waals surface area contributed by atoms with E-state index in [1.807, 2.05) is 36.4 Å². The average molecular weight is 566 g/mol. The Balaban J connectivity index is 1.49. The number of carbonyl (C=O) groups is 2. The second kappa shape index (κ2) is 13.3. The van der Waals surface area contributed by atoms with Crippen molar-refractivity contribution in [2.75, 3.05) is 11.9 Å². The van der Waals surface area contributed by atoms with Gasteiger partial charge in [-0.2, -0.15) is 0 Å². The Kier molecular flexibility index (Phi) is 9.16. The predicted octanol–water partition coefficient (Wildman–Crippen LogP) is 5.45. The largest absolute Gasteiger partial charge is 0.480 e. The number of aliphatic hydroxyl groups is 1. The van der Waals surface area contributed by atoms with Gasteiger partial charge in [-0.05, 0) is 37.1 Å². The second-order valence-corrected chi connectivity index (χ2v) is 10.2. The third kappa shape index (κ3) is 6.62. The van der Waals surface area contributed by atoms with Crippen LogP contribution < -0.4 is 5.32 Å². The van der Waals surface area contributed by atoms with Gasteiger partial charge < -0.3 is 15.5 Å². The predicted molar refractivity (Wildman–Crippen MR) is 160 cm³/mol. The normalized spacial score (nSPS) is 17.0. The summed E-state index contributed by atoms with van der Waals surface area (Å²) in [6, 6.07) is 29.4. The van der Waals surface area contributed by atoms with E-state index in [4.69, 9.17) is 0 Å². The van der Waals surface area contributed by atoms with Crippen molar-refractivity contribution in [3.8, 4) is 0 Å². The number of nitrogens with one attached hydrogen (secondary N) is 1. The van der Waals surface area contributed by atoms with Crippen molar-refractivity contribution in [1.29, 1.82) is 0 Å². The van der Waals surface area contributed by atoms with Gasteiger partial charge in [0.15, 0.2) is 6.04 Å². The lowest BCUT2D eigenvalue weighted by Gasteiger charge is -2.24. The Morgan fingerprint density at radius 1 is 0.905 bits per heavy atom. The van der Waals surface area contributed by atoms with Gasteiger partial charge in [0.1, 0.15) is 11.9 Å². The van der Waals surface area contributed by atoms with Crippen LogP contribution in [0.4, 0.5) is 10.1 Å². The quantitative estimate of drug-likeness (QED) is 0.222. The lowest BCUT2D eigenvalue weighted by atomic mass is 9.97. The van der Waals surface area contributed by atoms with Crippen molar-refractivity contribution in [2.24, 2.45) is 4.99 Å². The number of aliphatic imine (C=N–C) groups is 1. The smallest absolute Gasteiger partial charge is 0.331 e. The van der Waals surface area contributed by atoms with Gasteiger partial charge >= 0.3 is 5.97 Å². The maximum Gasteiger partial charge on any atom is 0.331 e. The summed E-state index contributed by atoms with van der Waals surface area (Å²) in [7, 11) is 0. The number of rotatable bonds is 10. The van der Waals surface area contributed by atoms with Gasteiger partial charge in [0.2, 0.25) is 5.91 Å². The van der Waals surface area contributed by atoms with Gasteiger partial charge in [0.25, 0.3) is 0 Å². The van der Waals surface area contributed by atoms with Crippen LogP contribution in [0.15, 0.2) is 114 Å². The van der Waals surface area contributed by atoms with Gasteiger partial charge in [-0.1, -0.05) is 97.1 Å². The molecule has 0 unspecified atom stereocenters. The third-order valence-electron chi connectivity index (χ3n) is 7.43. The van der Waals surface area contributed by atoms with Crippen LogP contribution in [0.2, 0.25) is 0 Å². The van der Waals surface area contributed by atoms with Crippen molar-refractivity contribution >= 4 is 23.3 Å². The van der Waals surface area contributed by atoms with Crippen molar-refractivity contribution in [3.63, 3.8) is 0 Å². The first kappa shape index (κ1) is 28.9. The van der Waals surface area contributed by atoms with Gasteiger partial charge in [-0.15, -0.1) is 0 Å². The highest BCUT2D eigenvalue weighted by Crippen LogP contribution is 2.28. The monoisotopic (exact) mass is 565 g/mol. The summed E-state index contributed by atoms with van der Waals surface area (Å²) in [5.41, 5.74) is 2.74. The number of hydrogen-bond acceptors (Lipinski definition) is 5. The molecule has 0 bridgehead atoms. The molecule has 8 heteroatoms. The first-order chi connectivity index (χ1) is 20.4. The van der Waals surface area contributed by atoms with Gasteiger partial charge in [0.05, 0.1) is 17.4 Å². The highest BCUT2D eigenvalue weighted by Gasteiger charge is 2.33. The molecule has 0 aliphatic carbocycles. The Morgan fingerprint density at radius 2 is 1.55 bits per heavy atom. The van der Waals surface area contributed by atoms with Crippen LogP contribution in [-0.4, -0.2) is 51.3 Å². The Morgan fingerprint density at radius 3 is 2.26 bits per heavy atom. The number of para-hydroxylation sites is 1. The average Bonchev–Trinajstić information content (AvgIpc) is 3.47. The lowest BCUT2D eigenvalue weighted by Crippen LogP contribution is -2.39. The van der Waals surface area contributed by atoms with E-state index < -0.39 is 23.9 Å². The highest BCUT2D eigenvalue weighted by molar-refractivity contribution is 6.17. The number of amides is 1. The third-order valence-corrected chi connectivity index (χ3v) is 7.43. The molecule has 4 aromatic carbocycles. The molecular weight excluding hydrogens is 533 g/mol. The second-order valence-electron chi connectivity index (χ2n) is 10.2. The first-order valence-corrected chi connectivity index (χ1v) is 13.9. The zero-order valence-electron chi connectivity index (χ0n) is 22.9. The van der Waals surface area contributed by atoms with Crippen molar-refractivity contribution in [3.05, 3.63) is 137 Å². The van der Waals surface area contributed by atoms with Crippen molar-refractivity contribution in [1.82, 2.24) is 4.90 Å². The van der Waals surface area contributed by atoms with E-state index in [1.54, 1.807) is 48.5 Å². The molecule has 7 nitrogen and oxygen atoms in total. The van der Waals surface area contributed by atoms with Crippen LogP contribution in [0, 0.1) is 5.82 Å². The molecule has 0 radical (unpaired) electrons. The zero-order valence-corrected chi connectivity index (χ0v) is 22.9. The molecule has 1 fully saturated rings. The highest BCUT2D eigenvalue weighted by atomic mass is 19.1. The molecule has 3 N–H and O–H groups in total. The Hall–Kier alpha value is -4.66. The summed E-state index contributed by atoms with van der Waals surface area (Å²) in [5.74, 6) is -2.30. The van der Waals surface area contributed by atoms with E-state index in [0.29, 0.717) is 23.4 Å². The van der Waals surface area contributed by atoms with E-state index in [9.17, 15) is 24.2 Å². The van der Waals surface area contributed by atoms with E-state index in [1.165, 1.54) is 18.2 Å². The molecule has 1 heterocycles. The zero-order chi connectivity index (χ0) is 29.5. The van der Waals surface area contributed by atoms with Gasteiger partial charge in [-0.3, -0.25) is 14.7 Å². The van der Waals surface area contributed by atoms with E-state index >= 15 is 0 Å². The Labute approximate surface area is 244 Å². The van der Waals surface area contributed by atoms with Crippen LogP contribution in [0.3, 0.4) is 0 Å². The topological polar surface area (TPSA) is 102 Å². The number of carboxylic acids is 1. The molecule has 214 valence electrons. The number of anilines is 1. The molecule has 1 saturated heterocycles. The summed E-state index contributed by atoms with van der Waals surface area (Å²) in [5, 5.41) is 24.1. The van der Waals surface area contributed by atoms with Crippen LogP contribution in [0.25, 0.3) is 0 Å². The van der Waals surface area contributed by atoms with Crippen LogP contribution in [0.5, 0.6) is 0 Å². The number of benzene rings is 4. The number of halogens is 1. The molecular formula is C34H32FN3O4. The number of likely N-dealkylation sites (tertiary alicyclic amines) is 1. The number of aliphatic hydroxyl groups excluding tert-OH is 1. The minimum atomic E-state index is -1.74. The molecule has 4 aromatic rings. The summed E-state index contributed by atoms with van der Waals surface area (Å²) in [4.78, 5) is 32.7. The molecule has 42 heavy (non-hydrogen) atoms. The molecule has 3 atom stereocenters. The Bertz CT molecular complexity index is 1560. The molecule has 1 aliphatic heterocycles. The number of aliphatic carboxylic acids is 1. The van der Waals surface area contributed by atoms with E-state index in [0.717, 1.165) is 31.0 Å². The number of hydrogen-bond donors (Lipinski definition) is 3. The summed E-state index contributed by atoms with van der Waals surface area (Å²) in [6.07, 6.45) is -0.123. The molecule has 1 aliphatic rings. The van der Waals surface area contributed by atoms with Crippen molar-refractivity contribution < 1.29 is 24.2 Å². The van der Waals surface area contributed by atoms with Crippen LogP contribution in [0.1, 0.15) is 41.2 Å². The maximum absolute atomic E-state index is 14.5. The molecule has 1 amide bonds. The van der Waals surface area contributed by atoms with Crippen LogP contribution >= 0.6 is 0 Å². The fraction of sp³-hybridized carbons (Fsp3) is 0.206. The number of nitrogens with zero attached hydrogens (tertiary/aromatic N) is 2. The standard InChI is InChI=1S/C34H32FN3O4/c35-27-18-9-7-16-25(27)32(39)31(34(41)42)37-30(24-14-5-2-6-15-24)26-17-8-10-19-28(26)36-33(40)29-20-11-21-38(29)22-23-12-3-1-4-13-23/h1-10,12-19,29,31-32,39H,11,20-22H2,(H,36,40)(H,41,42)/t29-,31-,32+/m0/s1. The fourth-order valence-corrected chi connectivity index (χ4v) is 5.33. The van der Waals surface area contributed by atoms with Crippen molar-refractivity contribution in [2.45, 2.75) is 37.6 Å². The maximum atomic E-state index is 14.5. The fourth-order valence-electron chi connectivity index (χ4n) is 5.33. The summed E-state index contributed by atoms with van der Waals surface area (Å²) in [6.45, 7) is 1.46. The first-order valence-electron chi connectivity index (χ1n) is 13.9. The van der Waals surface area contributed by atoms with E-state index in [2.05, 4.69) is 15.2 Å². The number of carboxylic acid groups (broad SMARTS) is 1. The minimum absolute atomic E-state index is 0.163. The molecule has 5 rings (SSSR count). The van der Waals surface area contributed by atoms with Crippen LogP contribution in [-0.2, 0) is 16.1 Å². The molecule has 0 spiro atoms. The van der Waals surface area contributed by atoms with Gasteiger partial charge in [-0.25, -0.2) is 9.18 Å². The minimum Gasteiger partial charge on any atom is -0.480 e. The SMILES string of the molecule is O=C(O)[C@@H](N=C(c1ccccc1)c1ccccc1NC(=O)[C@@H]1CCCN1Cc1ccccc1)[C@H](O)c1ccccc1F.